The van der Waals surface area contributed by atoms with Crippen LogP contribution in [0.2, 0.25) is 0 Å². The van der Waals surface area contributed by atoms with Gasteiger partial charge in [-0.1, -0.05) is 6.92 Å². The molecule has 2 aromatic rings. The van der Waals surface area contributed by atoms with Gasteiger partial charge in [-0.25, -0.2) is 4.98 Å². The van der Waals surface area contributed by atoms with Crippen LogP contribution in [-0.4, -0.2) is 21.3 Å². The molecule has 0 bridgehead atoms. The number of rotatable bonds is 5. The summed E-state index contributed by atoms with van der Waals surface area (Å²) in [6.45, 7) is 2.74. The van der Waals surface area contributed by atoms with Crippen molar-refractivity contribution in [3.05, 3.63) is 23.8 Å². The maximum Gasteiger partial charge on any atom is 0.195 e. The average molecular weight is 234 g/mol. The first-order valence-electron chi connectivity index (χ1n) is 5.92. The topological polar surface area (TPSA) is 69.9 Å². The Balaban J connectivity index is 2.20. The van der Waals surface area contributed by atoms with Crippen LogP contribution in [-0.2, 0) is 19.9 Å². The molecule has 5 nitrogen and oxygen atoms in total. The quantitative estimate of drug-likeness (QED) is 0.851. The van der Waals surface area contributed by atoms with Crippen LogP contribution in [0, 0.1) is 0 Å². The predicted octanol–water partition coefficient (Wildman–Crippen LogP) is 1.53. The number of hydrogen-bond acceptors (Lipinski definition) is 4. The molecule has 0 aliphatic carbocycles. The van der Waals surface area contributed by atoms with Gasteiger partial charge in [0, 0.05) is 13.5 Å². The van der Waals surface area contributed by atoms with Crippen LogP contribution in [0.4, 0.5) is 0 Å². The third-order valence-electron chi connectivity index (χ3n) is 2.69. The summed E-state index contributed by atoms with van der Waals surface area (Å²) in [5.41, 5.74) is 7.48. The van der Waals surface area contributed by atoms with Crippen molar-refractivity contribution in [2.24, 2.45) is 12.8 Å². The van der Waals surface area contributed by atoms with Crippen LogP contribution in [0.5, 0.6) is 0 Å². The largest absolute Gasteiger partial charge is 0.439 e. The molecule has 0 aromatic carbocycles. The maximum absolute atomic E-state index is 5.68. The van der Waals surface area contributed by atoms with Gasteiger partial charge in [-0.05, 0) is 25.5 Å². The van der Waals surface area contributed by atoms with Crippen molar-refractivity contribution in [3.8, 4) is 11.5 Å². The summed E-state index contributed by atoms with van der Waals surface area (Å²) in [5.74, 6) is 1.51. The smallest absolute Gasteiger partial charge is 0.195 e. The first-order valence-corrected chi connectivity index (χ1v) is 5.92. The molecular weight excluding hydrogens is 216 g/mol. The first-order chi connectivity index (χ1) is 8.24. The van der Waals surface area contributed by atoms with Crippen LogP contribution in [0.3, 0.4) is 0 Å². The van der Waals surface area contributed by atoms with Crippen molar-refractivity contribution in [1.82, 2.24) is 14.8 Å². The van der Waals surface area contributed by atoms with Crippen molar-refractivity contribution in [2.75, 3.05) is 6.54 Å². The molecule has 0 radical (unpaired) electrons. The van der Waals surface area contributed by atoms with E-state index < -0.39 is 0 Å². The lowest BCUT2D eigenvalue weighted by Crippen LogP contribution is -2.00. The SMILES string of the molecule is CCc1cc(-c2cnc(CCCN)o2)n(C)n1. The van der Waals surface area contributed by atoms with Gasteiger partial charge in [-0.3, -0.25) is 4.68 Å². The highest BCUT2D eigenvalue weighted by atomic mass is 16.4. The minimum atomic E-state index is 0.656. The monoisotopic (exact) mass is 234 g/mol. The van der Waals surface area contributed by atoms with Crippen LogP contribution >= 0.6 is 0 Å². The third-order valence-corrected chi connectivity index (χ3v) is 2.69. The van der Waals surface area contributed by atoms with Gasteiger partial charge < -0.3 is 10.2 Å². The summed E-state index contributed by atoms with van der Waals surface area (Å²) < 4.78 is 7.51. The van der Waals surface area contributed by atoms with Gasteiger partial charge in [-0.15, -0.1) is 0 Å². The average Bonchev–Trinajstić information content (AvgIpc) is 2.92. The van der Waals surface area contributed by atoms with Crippen LogP contribution < -0.4 is 5.73 Å². The van der Waals surface area contributed by atoms with Crippen molar-refractivity contribution in [2.45, 2.75) is 26.2 Å². The zero-order chi connectivity index (χ0) is 12.3. The minimum absolute atomic E-state index is 0.656. The standard InChI is InChI=1S/C12H18N4O/c1-3-9-7-10(16(2)15-9)11-8-14-12(17-11)5-4-6-13/h7-8H,3-6,13H2,1-2H3. The number of oxazole rings is 1. The summed E-state index contributed by atoms with van der Waals surface area (Å²) in [7, 11) is 1.91. The highest BCUT2D eigenvalue weighted by molar-refractivity contribution is 5.51. The Bertz CT molecular complexity index is 486. The molecule has 0 aliphatic heterocycles. The van der Waals surface area contributed by atoms with Crippen LogP contribution in [0.1, 0.15) is 24.9 Å². The van der Waals surface area contributed by atoms with Gasteiger partial charge in [0.1, 0.15) is 5.69 Å². The van der Waals surface area contributed by atoms with E-state index in [0.717, 1.165) is 42.3 Å². The van der Waals surface area contributed by atoms with E-state index in [1.165, 1.54) is 0 Å². The fourth-order valence-electron chi connectivity index (χ4n) is 1.73. The number of nitrogens with two attached hydrogens (primary N) is 1. The predicted molar refractivity (Wildman–Crippen MR) is 65.5 cm³/mol. The van der Waals surface area contributed by atoms with E-state index in [1.807, 2.05) is 17.8 Å². The van der Waals surface area contributed by atoms with Crippen LogP contribution in [0.25, 0.3) is 11.5 Å². The van der Waals surface area contributed by atoms with Crippen LogP contribution in [0.15, 0.2) is 16.7 Å². The van der Waals surface area contributed by atoms with Crippen molar-refractivity contribution in [1.29, 1.82) is 0 Å². The molecule has 0 aliphatic rings. The maximum atomic E-state index is 5.68. The van der Waals surface area contributed by atoms with Gasteiger partial charge in [0.05, 0.1) is 11.9 Å². The van der Waals surface area contributed by atoms with E-state index in [1.54, 1.807) is 6.20 Å². The fourth-order valence-corrected chi connectivity index (χ4v) is 1.73. The molecule has 0 amide bonds. The molecule has 0 atom stereocenters. The number of aromatic nitrogens is 3. The highest BCUT2D eigenvalue weighted by Crippen LogP contribution is 2.21. The Morgan fingerprint density at radius 2 is 2.29 bits per heavy atom. The molecule has 17 heavy (non-hydrogen) atoms. The normalized spacial score (nSPS) is 11.0. The lowest BCUT2D eigenvalue weighted by atomic mass is 10.3. The molecule has 0 fully saturated rings. The second kappa shape index (κ2) is 5.14. The van der Waals surface area contributed by atoms with Crippen molar-refractivity contribution < 1.29 is 4.42 Å². The van der Waals surface area contributed by atoms with E-state index in [0.29, 0.717) is 6.54 Å². The summed E-state index contributed by atoms with van der Waals surface area (Å²) in [6, 6.07) is 2.03. The van der Waals surface area contributed by atoms with Gasteiger partial charge in [0.25, 0.3) is 0 Å². The second-order valence-electron chi connectivity index (χ2n) is 4.01. The molecular formula is C12H18N4O. The molecule has 0 unspecified atom stereocenters. The van der Waals surface area contributed by atoms with Gasteiger partial charge >= 0.3 is 0 Å². The Kier molecular flexibility index (Phi) is 3.58. The first kappa shape index (κ1) is 11.9. The molecule has 2 aromatic heterocycles. The molecule has 0 saturated carbocycles. The summed E-state index contributed by atoms with van der Waals surface area (Å²) in [5, 5.41) is 4.39. The zero-order valence-electron chi connectivity index (χ0n) is 10.3. The van der Waals surface area contributed by atoms with E-state index >= 15 is 0 Å². The zero-order valence-corrected chi connectivity index (χ0v) is 10.3. The molecule has 2 N–H and O–H groups in total. The third kappa shape index (κ3) is 2.55. The summed E-state index contributed by atoms with van der Waals surface area (Å²) in [4.78, 5) is 4.24. The van der Waals surface area contributed by atoms with Gasteiger partial charge in [0.2, 0.25) is 0 Å². The summed E-state index contributed by atoms with van der Waals surface area (Å²) in [6.07, 6.45) is 4.35. The van der Waals surface area contributed by atoms with E-state index in [-0.39, 0.29) is 0 Å². The number of hydrogen-bond donors (Lipinski definition) is 1. The second-order valence-corrected chi connectivity index (χ2v) is 4.01. The van der Waals surface area contributed by atoms with E-state index in [9.17, 15) is 0 Å². The molecule has 92 valence electrons. The van der Waals surface area contributed by atoms with Crippen molar-refractivity contribution >= 4 is 0 Å². The molecule has 0 spiro atoms. The summed E-state index contributed by atoms with van der Waals surface area (Å²) >= 11 is 0. The Morgan fingerprint density at radius 3 is 2.94 bits per heavy atom. The van der Waals surface area contributed by atoms with E-state index in [4.69, 9.17) is 10.2 Å². The number of nitrogens with zero attached hydrogens (tertiary/aromatic N) is 3. The molecule has 2 rings (SSSR count). The minimum Gasteiger partial charge on any atom is -0.439 e. The van der Waals surface area contributed by atoms with Gasteiger partial charge in [0.15, 0.2) is 11.7 Å². The Labute approximate surface area is 101 Å². The Hall–Kier alpha value is -1.62. The highest BCUT2D eigenvalue weighted by Gasteiger charge is 2.11. The molecule has 2 heterocycles. The van der Waals surface area contributed by atoms with Crippen molar-refractivity contribution in [3.63, 3.8) is 0 Å². The van der Waals surface area contributed by atoms with Gasteiger partial charge in [-0.2, -0.15) is 5.10 Å². The van der Waals surface area contributed by atoms with E-state index in [2.05, 4.69) is 17.0 Å². The lowest BCUT2D eigenvalue weighted by Gasteiger charge is -1.96. The number of aryl methyl sites for hydroxylation is 3. The Morgan fingerprint density at radius 1 is 1.47 bits per heavy atom. The molecule has 0 saturated heterocycles. The molecule has 5 heteroatoms. The lowest BCUT2D eigenvalue weighted by molar-refractivity contribution is 0.495. The fraction of sp³-hybridized carbons (Fsp3) is 0.500.